The molecule has 0 aromatic heterocycles. The summed E-state index contributed by atoms with van der Waals surface area (Å²) >= 11 is 3.45. The highest BCUT2D eigenvalue weighted by molar-refractivity contribution is 9.09. The van der Waals surface area contributed by atoms with E-state index in [-0.39, 0.29) is 16.5 Å². The van der Waals surface area contributed by atoms with Crippen LogP contribution in [0.3, 0.4) is 0 Å². The van der Waals surface area contributed by atoms with Gasteiger partial charge >= 0.3 is 0 Å². The highest BCUT2D eigenvalue weighted by atomic mass is 79.9. The van der Waals surface area contributed by atoms with Crippen LogP contribution in [-0.4, -0.2) is 23.6 Å². The molecule has 80 valence electrons. The lowest BCUT2D eigenvalue weighted by molar-refractivity contribution is -0.141. The molecule has 0 aliphatic carbocycles. The highest BCUT2D eigenvalue weighted by Gasteiger charge is 2.32. The lowest BCUT2D eigenvalue weighted by atomic mass is 10.0. The van der Waals surface area contributed by atoms with Gasteiger partial charge < -0.3 is 15.2 Å². The third kappa shape index (κ3) is 2.48. The second-order valence-electron chi connectivity index (χ2n) is 3.14. The van der Waals surface area contributed by atoms with Gasteiger partial charge in [0.05, 0.1) is 4.83 Å². The monoisotopic (exact) mass is 263 g/mol. The number of carbonyl (C=O) groups is 1. The minimum absolute atomic E-state index is 0.0468. The van der Waals surface area contributed by atoms with Crippen LogP contribution in [0.4, 0.5) is 0 Å². The SMILES string of the molecule is CCOC1OC(C(N)=O)=CC(C)C1Br. The summed E-state index contributed by atoms with van der Waals surface area (Å²) in [6, 6.07) is 0. The number of alkyl halides is 1. The van der Waals surface area contributed by atoms with E-state index in [1.807, 2.05) is 13.8 Å². The van der Waals surface area contributed by atoms with Crippen LogP contribution in [-0.2, 0) is 14.3 Å². The Hall–Kier alpha value is -0.550. The van der Waals surface area contributed by atoms with E-state index in [2.05, 4.69) is 15.9 Å². The zero-order valence-corrected chi connectivity index (χ0v) is 9.78. The van der Waals surface area contributed by atoms with Crippen molar-refractivity contribution < 1.29 is 14.3 Å². The van der Waals surface area contributed by atoms with Gasteiger partial charge in [-0.15, -0.1) is 0 Å². The number of hydrogen-bond donors (Lipinski definition) is 1. The maximum Gasteiger partial charge on any atom is 0.283 e. The Bertz CT molecular complexity index is 254. The van der Waals surface area contributed by atoms with Crippen molar-refractivity contribution in [2.75, 3.05) is 6.61 Å². The van der Waals surface area contributed by atoms with E-state index in [9.17, 15) is 4.79 Å². The molecule has 1 rings (SSSR count). The number of allylic oxidation sites excluding steroid dienone is 1. The summed E-state index contributed by atoms with van der Waals surface area (Å²) in [7, 11) is 0. The van der Waals surface area contributed by atoms with Crippen LogP contribution in [0.25, 0.3) is 0 Å². The van der Waals surface area contributed by atoms with Gasteiger partial charge in [-0.1, -0.05) is 22.9 Å². The number of hydrogen-bond acceptors (Lipinski definition) is 3. The van der Waals surface area contributed by atoms with Gasteiger partial charge in [0.25, 0.3) is 5.91 Å². The Morgan fingerprint density at radius 3 is 2.93 bits per heavy atom. The van der Waals surface area contributed by atoms with Crippen molar-refractivity contribution in [2.24, 2.45) is 11.7 Å². The van der Waals surface area contributed by atoms with E-state index in [0.717, 1.165) is 0 Å². The predicted molar refractivity (Wildman–Crippen MR) is 55.7 cm³/mol. The molecular weight excluding hydrogens is 250 g/mol. The van der Waals surface area contributed by atoms with E-state index in [0.29, 0.717) is 6.61 Å². The standard InChI is InChI=1S/C9H14BrNO3/c1-3-13-9-7(10)5(2)4-6(14-9)8(11)12/h4-5,7,9H,3H2,1-2H3,(H2,11,12). The first-order valence-electron chi connectivity index (χ1n) is 4.50. The number of primary amides is 1. The summed E-state index contributed by atoms with van der Waals surface area (Å²) in [5.41, 5.74) is 5.13. The van der Waals surface area contributed by atoms with Crippen LogP contribution in [0.5, 0.6) is 0 Å². The number of rotatable bonds is 3. The van der Waals surface area contributed by atoms with Gasteiger partial charge in [-0.05, 0) is 18.9 Å². The van der Waals surface area contributed by atoms with E-state index >= 15 is 0 Å². The molecule has 3 atom stereocenters. The number of amides is 1. The molecule has 0 radical (unpaired) electrons. The van der Waals surface area contributed by atoms with Crippen molar-refractivity contribution in [1.29, 1.82) is 0 Å². The van der Waals surface area contributed by atoms with Crippen LogP contribution >= 0.6 is 15.9 Å². The van der Waals surface area contributed by atoms with Gasteiger partial charge in [0.1, 0.15) is 0 Å². The number of carbonyl (C=O) groups excluding carboxylic acids is 1. The Morgan fingerprint density at radius 1 is 1.79 bits per heavy atom. The highest BCUT2D eigenvalue weighted by Crippen LogP contribution is 2.28. The summed E-state index contributed by atoms with van der Waals surface area (Å²) in [4.78, 5) is 11.0. The summed E-state index contributed by atoms with van der Waals surface area (Å²) in [5.74, 6) is -0.213. The zero-order valence-electron chi connectivity index (χ0n) is 8.20. The van der Waals surface area contributed by atoms with Crippen molar-refractivity contribution >= 4 is 21.8 Å². The fraction of sp³-hybridized carbons (Fsp3) is 0.667. The van der Waals surface area contributed by atoms with Crippen LogP contribution in [0.15, 0.2) is 11.8 Å². The molecule has 1 aliphatic rings. The summed E-state index contributed by atoms with van der Waals surface area (Å²) in [6.07, 6.45) is 1.26. The molecule has 0 saturated carbocycles. The van der Waals surface area contributed by atoms with Crippen molar-refractivity contribution in [3.8, 4) is 0 Å². The lowest BCUT2D eigenvalue weighted by Crippen LogP contribution is -2.37. The van der Waals surface area contributed by atoms with Gasteiger partial charge in [-0.25, -0.2) is 0 Å². The maximum absolute atomic E-state index is 10.9. The normalized spacial score (nSPS) is 31.9. The molecule has 3 unspecified atom stereocenters. The predicted octanol–water partition coefficient (Wildman–Crippen LogP) is 1.15. The van der Waals surface area contributed by atoms with Gasteiger partial charge in [-0.3, -0.25) is 4.79 Å². The van der Waals surface area contributed by atoms with Gasteiger partial charge in [0.15, 0.2) is 5.76 Å². The molecule has 4 nitrogen and oxygen atoms in total. The van der Waals surface area contributed by atoms with Gasteiger partial charge in [0, 0.05) is 6.61 Å². The van der Waals surface area contributed by atoms with Gasteiger partial charge in [0.2, 0.25) is 6.29 Å². The number of nitrogens with two attached hydrogens (primary N) is 1. The molecule has 14 heavy (non-hydrogen) atoms. The Morgan fingerprint density at radius 2 is 2.43 bits per heavy atom. The van der Waals surface area contributed by atoms with Crippen LogP contribution < -0.4 is 5.73 Å². The van der Waals surface area contributed by atoms with E-state index in [4.69, 9.17) is 15.2 Å². The summed E-state index contributed by atoms with van der Waals surface area (Å²) in [6.45, 7) is 4.37. The fourth-order valence-corrected chi connectivity index (χ4v) is 1.65. The Balaban J connectivity index is 2.76. The topological polar surface area (TPSA) is 61.6 Å². The van der Waals surface area contributed by atoms with Crippen molar-refractivity contribution in [3.05, 3.63) is 11.8 Å². The third-order valence-electron chi connectivity index (χ3n) is 1.99. The minimum Gasteiger partial charge on any atom is -0.458 e. The molecule has 0 aromatic rings. The summed E-state index contributed by atoms with van der Waals surface area (Å²) < 4.78 is 10.6. The first-order valence-corrected chi connectivity index (χ1v) is 5.41. The number of halogens is 1. The van der Waals surface area contributed by atoms with Crippen LogP contribution in [0, 0.1) is 5.92 Å². The van der Waals surface area contributed by atoms with E-state index in [1.165, 1.54) is 0 Å². The molecule has 1 amide bonds. The maximum atomic E-state index is 10.9. The molecule has 5 heteroatoms. The molecule has 0 fully saturated rings. The smallest absolute Gasteiger partial charge is 0.283 e. The first-order chi connectivity index (χ1) is 6.56. The molecule has 1 heterocycles. The molecule has 2 N–H and O–H groups in total. The Labute approximate surface area is 91.6 Å². The zero-order chi connectivity index (χ0) is 10.7. The minimum atomic E-state index is -0.555. The van der Waals surface area contributed by atoms with Crippen molar-refractivity contribution in [3.63, 3.8) is 0 Å². The molecular formula is C9H14BrNO3. The lowest BCUT2D eigenvalue weighted by Gasteiger charge is -2.31. The fourth-order valence-electron chi connectivity index (χ4n) is 1.24. The average molecular weight is 264 g/mol. The van der Waals surface area contributed by atoms with Crippen molar-refractivity contribution in [1.82, 2.24) is 0 Å². The van der Waals surface area contributed by atoms with Crippen molar-refractivity contribution in [2.45, 2.75) is 25.0 Å². The van der Waals surface area contributed by atoms with Crippen LogP contribution in [0.2, 0.25) is 0 Å². The number of ether oxygens (including phenoxy) is 2. The molecule has 0 saturated heterocycles. The average Bonchev–Trinajstić information content (AvgIpc) is 2.12. The van der Waals surface area contributed by atoms with Gasteiger partial charge in [-0.2, -0.15) is 0 Å². The Kier molecular flexibility index (Phi) is 3.95. The molecule has 0 bridgehead atoms. The quantitative estimate of drug-likeness (QED) is 0.778. The molecule has 0 spiro atoms. The second-order valence-corrected chi connectivity index (χ2v) is 4.20. The largest absolute Gasteiger partial charge is 0.458 e. The molecule has 0 aromatic carbocycles. The second kappa shape index (κ2) is 4.79. The van der Waals surface area contributed by atoms with E-state index in [1.54, 1.807) is 6.08 Å². The third-order valence-corrected chi connectivity index (χ3v) is 3.26. The van der Waals surface area contributed by atoms with Crippen LogP contribution in [0.1, 0.15) is 13.8 Å². The first kappa shape index (κ1) is 11.5. The molecule has 1 aliphatic heterocycles. The van der Waals surface area contributed by atoms with E-state index < -0.39 is 12.2 Å². The summed E-state index contributed by atoms with van der Waals surface area (Å²) in [5, 5.41) is 0.